The highest BCUT2D eigenvalue weighted by Crippen LogP contribution is 2.35. The van der Waals surface area contributed by atoms with Gasteiger partial charge in [0.25, 0.3) is 0 Å². The van der Waals surface area contributed by atoms with Crippen LogP contribution in [0.4, 0.5) is 19.0 Å². The van der Waals surface area contributed by atoms with Gasteiger partial charge in [-0.1, -0.05) is 13.8 Å². The van der Waals surface area contributed by atoms with Crippen molar-refractivity contribution in [3.8, 4) is 0 Å². The fraction of sp³-hybridized carbons (Fsp3) is 0.615. The van der Waals surface area contributed by atoms with Crippen LogP contribution in [0.3, 0.4) is 0 Å². The van der Waals surface area contributed by atoms with Gasteiger partial charge in [-0.3, -0.25) is 0 Å². The van der Waals surface area contributed by atoms with Crippen LogP contribution in [-0.2, 0) is 6.18 Å². The molecule has 0 aliphatic carbocycles. The van der Waals surface area contributed by atoms with Crippen molar-refractivity contribution in [3.05, 3.63) is 22.3 Å². The number of pyridine rings is 1. The van der Waals surface area contributed by atoms with E-state index in [1.807, 2.05) is 13.8 Å². The van der Waals surface area contributed by atoms with Crippen molar-refractivity contribution in [1.82, 2.24) is 4.98 Å². The first-order valence-corrected chi connectivity index (χ1v) is 7.02. The second kappa shape index (κ2) is 6.76. The van der Waals surface area contributed by atoms with Gasteiger partial charge in [0.15, 0.2) is 0 Å². The summed E-state index contributed by atoms with van der Waals surface area (Å²) in [5.41, 5.74) is -1.01. The van der Waals surface area contributed by atoms with E-state index in [2.05, 4.69) is 26.2 Å². The Morgan fingerprint density at radius 1 is 1.35 bits per heavy atom. The lowest BCUT2D eigenvalue weighted by atomic mass is 9.88. The van der Waals surface area contributed by atoms with Gasteiger partial charge in [0.05, 0.1) is 5.56 Å². The van der Waals surface area contributed by atoms with Crippen molar-refractivity contribution in [2.75, 3.05) is 18.5 Å². The molecule has 1 rings (SSSR count). The normalized spacial score (nSPS) is 12.6. The second-order valence-electron chi connectivity index (χ2n) is 5.39. The van der Waals surface area contributed by atoms with E-state index in [0.29, 0.717) is 19.4 Å². The fourth-order valence-electron chi connectivity index (χ4n) is 1.77. The molecule has 0 bridgehead atoms. The Kier molecular flexibility index (Phi) is 5.82. The summed E-state index contributed by atoms with van der Waals surface area (Å²) in [7, 11) is 0. The first-order chi connectivity index (χ1) is 9.15. The molecule has 0 radical (unpaired) electrons. The lowest BCUT2D eigenvalue weighted by Crippen LogP contribution is -2.25. The van der Waals surface area contributed by atoms with E-state index in [1.165, 1.54) is 6.20 Å². The summed E-state index contributed by atoms with van der Waals surface area (Å²) >= 11 is 3.00. The number of nitrogens with one attached hydrogen (secondary N) is 1. The van der Waals surface area contributed by atoms with Crippen molar-refractivity contribution < 1.29 is 18.3 Å². The zero-order valence-electron chi connectivity index (χ0n) is 11.4. The summed E-state index contributed by atoms with van der Waals surface area (Å²) in [5.74, 6) is -0.169. The summed E-state index contributed by atoms with van der Waals surface area (Å²) < 4.78 is 39.0. The van der Waals surface area contributed by atoms with Crippen molar-refractivity contribution in [2.24, 2.45) is 5.41 Å². The summed E-state index contributed by atoms with van der Waals surface area (Å²) in [6, 6.07) is 1.01. The SMILES string of the molecule is CC(C)(CCCO)CNc1ncc(Br)cc1C(F)(F)F. The van der Waals surface area contributed by atoms with Crippen LogP contribution in [0.25, 0.3) is 0 Å². The number of aliphatic hydroxyl groups is 1. The van der Waals surface area contributed by atoms with Crippen molar-refractivity contribution in [1.29, 1.82) is 0 Å². The Bertz CT molecular complexity index is 450. The molecule has 7 heteroatoms. The molecule has 0 saturated carbocycles. The molecule has 0 aliphatic rings. The Hall–Kier alpha value is -0.820. The highest BCUT2D eigenvalue weighted by atomic mass is 79.9. The molecule has 1 aromatic rings. The maximum absolute atomic E-state index is 12.9. The van der Waals surface area contributed by atoms with E-state index < -0.39 is 11.7 Å². The minimum absolute atomic E-state index is 0.0771. The monoisotopic (exact) mass is 354 g/mol. The molecule has 0 amide bonds. The number of halogens is 4. The van der Waals surface area contributed by atoms with Crippen LogP contribution in [0.2, 0.25) is 0 Å². The first-order valence-electron chi connectivity index (χ1n) is 6.23. The number of hydrogen-bond acceptors (Lipinski definition) is 3. The van der Waals surface area contributed by atoms with E-state index in [1.54, 1.807) is 0 Å². The van der Waals surface area contributed by atoms with Gasteiger partial charge in [-0.05, 0) is 40.3 Å². The molecule has 0 spiro atoms. The Labute approximate surface area is 124 Å². The minimum atomic E-state index is -4.45. The van der Waals surface area contributed by atoms with Crippen LogP contribution < -0.4 is 5.32 Å². The first kappa shape index (κ1) is 17.2. The fourth-order valence-corrected chi connectivity index (χ4v) is 2.10. The third-order valence-corrected chi connectivity index (χ3v) is 3.34. The molecule has 0 fully saturated rings. The Morgan fingerprint density at radius 3 is 2.55 bits per heavy atom. The van der Waals surface area contributed by atoms with Gasteiger partial charge in [-0.25, -0.2) is 4.98 Å². The molecular weight excluding hydrogens is 337 g/mol. The number of aliphatic hydroxyl groups excluding tert-OH is 1. The third-order valence-electron chi connectivity index (χ3n) is 2.91. The van der Waals surface area contributed by atoms with Gasteiger partial charge in [0.1, 0.15) is 5.82 Å². The van der Waals surface area contributed by atoms with Crippen molar-refractivity contribution in [3.63, 3.8) is 0 Å². The van der Waals surface area contributed by atoms with Crippen LogP contribution in [0.1, 0.15) is 32.3 Å². The quantitative estimate of drug-likeness (QED) is 0.809. The zero-order valence-corrected chi connectivity index (χ0v) is 13.0. The molecule has 0 atom stereocenters. The van der Waals surface area contributed by atoms with E-state index in [-0.39, 0.29) is 22.3 Å². The van der Waals surface area contributed by atoms with Gasteiger partial charge < -0.3 is 10.4 Å². The number of rotatable bonds is 6. The van der Waals surface area contributed by atoms with Crippen molar-refractivity contribution >= 4 is 21.7 Å². The molecular formula is C13H18BrF3N2O. The lowest BCUT2D eigenvalue weighted by molar-refractivity contribution is -0.137. The van der Waals surface area contributed by atoms with E-state index in [9.17, 15) is 13.2 Å². The predicted molar refractivity (Wildman–Crippen MR) is 75.5 cm³/mol. The minimum Gasteiger partial charge on any atom is -0.396 e. The van der Waals surface area contributed by atoms with Crippen LogP contribution in [-0.4, -0.2) is 23.2 Å². The van der Waals surface area contributed by atoms with E-state index >= 15 is 0 Å². The number of hydrogen-bond donors (Lipinski definition) is 2. The lowest BCUT2D eigenvalue weighted by Gasteiger charge is -2.25. The zero-order chi connectivity index (χ0) is 15.4. The van der Waals surface area contributed by atoms with E-state index in [0.717, 1.165) is 6.07 Å². The predicted octanol–water partition coefficient (Wildman–Crippen LogP) is 4.07. The third kappa shape index (κ3) is 5.28. The van der Waals surface area contributed by atoms with Gasteiger partial charge in [0.2, 0.25) is 0 Å². The van der Waals surface area contributed by atoms with E-state index in [4.69, 9.17) is 5.11 Å². The molecule has 3 nitrogen and oxygen atoms in total. The summed E-state index contributed by atoms with van der Waals surface area (Å²) in [4.78, 5) is 3.80. The summed E-state index contributed by atoms with van der Waals surface area (Å²) in [5, 5.41) is 11.6. The Morgan fingerprint density at radius 2 is 2.00 bits per heavy atom. The molecule has 1 aromatic heterocycles. The molecule has 0 unspecified atom stereocenters. The average Bonchev–Trinajstić information content (AvgIpc) is 2.34. The highest BCUT2D eigenvalue weighted by Gasteiger charge is 2.35. The summed E-state index contributed by atoms with van der Waals surface area (Å²) in [6.07, 6.45) is -1.78. The van der Waals surface area contributed by atoms with Crippen LogP contribution >= 0.6 is 15.9 Å². The summed E-state index contributed by atoms with van der Waals surface area (Å²) in [6.45, 7) is 4.29. The van der Waals surface area contributed by atoms with Gasteiger partial charge >= 0.3 is 6.18 Å². The maximum atomic E-state index is 12.9. The molecule has 0 saturated heterocycles. The number of nitrogens with zero attached hydrogens (tertiary/aromatic N) is 1. The highest BCUT2D eigenvalue weighted by molar-refractivity contribution is 9.10. The molecule has 1 heterocycles. The molecule has 2 N–H and O–H groups in total. The number of anilines is 1. The average molecular weight is 355 g/mol. The number of alkyl halides is 3. The molecule has 20 heavy (non-hydrogen) atoms. The van der Waals surface area contributed by atoms with Crippen LogP contribution in [0.5, 0.6) is 0 Å². The van der Waals surface area contributed by atoms with Gasteiger partial charge in [-0.2, -0.15) is 13.2 Å². The topological polar surface area (TPSA) is 45.1 Å². The Balaban J connectivity index is 2.83. The second-order valence-corrected chi connectivity index (χ2v) is 6.31. The van der Waals surface area contributed by atoms with Crippen LogP contribution in [0, 0.1) is 5.41 Å². The smallest absolute Gasteiger partial charge is 0.396 e. The maximum Gasteiger partial charge on any atom is 0.419 e. The molecule has 0 aromatic carbocycles. The standard InChI is InChI=1S/C13H18BrF3N2O/c1-12(2,4-3-5-20)8-19-11-10(13(15,16)17)6-9(14)7-18-11/h6-7,20H,3-5,8H2,1-2H3,(H,18,19). The molecule has 114 valence electrons. The van der Waals surface area contributed by atoms with Gasteiger partial charge in [-0.15, -0.1) is 0 Å². The van der Waals surface area contributed by atoms with Crippen LogP contribution in [0.15, 0.2) is 16.7 Å². The largest absolute Gasteiger partial charge is 0.419 e. The molecule has 0 aliphatic heterocycles. The van der Waals surface area contributed by atoms with Crippen molar-refractivity contribution in [2.45, 2.75) is 32.9 Å². The number of aromatic nitrogens is 1. The van der Waals surface area contributed by atoms with Gasteiger partial charge in [0, 0.05) is 23.8 Å².